The summed E-state index contributed by atoms with van der Waals surface area (Å²) in [5.74, 6) is 3.63. The Morgan fingerprint density at radius 1 is 0.891 bits per heavy atom. The number of benzene rings is 1. The molecule has 0 aliphatic rings. The van der Waals surface area contributed by atoms with Crippen molar-refractivity contribution in [3.63, 3.8) is 0 Å². The van der Waals surface area contributed by atoms with E-state index in [9.17, 15) is 24.0 Å². The predicted octanol–water partition coefficient (Wildman–Crippen LogP) is 4.65. The summed E-state index contributed by atoms with van der Waals surface area (Å²) in [6.45, 7) is 6.54. The number of ether oxygens (including phenoxy) is 2. The van der Waals surface area contributed by atoms with Crippen molar-refractivity contribution < 1.29 is 39.6 Å². The monoisotopic (exact) mass is 792 g/mol. The number of pyridine rings is 2. The number of halogens is 3. The van der Waals surface area contributed by atoms with Crippen LogP contribution in [-0.4, -0.2) is 63.0 Å². The number of nitrogen functional groups attached to an aromatic ring is 1. The molecule has 3 N–H and O–H groups in total. The average Bonchev–Trinajstić information content (AvgIpc) is 3.45. The Labute approximate surface area is 282 Å². The van der Waals surface area contributed by atoms with Crippen molar-refractivity contribution in [1.82, 2.24) is 19.6 Å². The molecule has 0 aliphatic heterocycles. The Kier molecular flexibility index (Phi) is 19.1. The molecule has 0 saturated carbocycles. The van der Waals surface area contributed by atoms with Gasteiger partial charge in [0.25, 0.3) is 0 Å². The quantitative estimate of drug-likeness (QED) is 0.0623. The molecule has 18 heteroatoms. The van der Waals surface area contributed by atoms with Gasteiger partial charge in [-0.05, 0) is 38.1 Å². The minimum atomic E-state index is -2.59. The zero-order valence-electron chi connectivity index (χ0n) is 25.0. The van der Waals surface area contributed by atoms with Crippen molar-refractivity contribution in [1.29, 1.82) is 0 Å². The summed E-state index contributed by atoms with van der Waals surface area (Å²) in [4.78, 5) is 56.2. The van der Waals surface area contributed by atoms with Crippen LogP contribution in [0.5, 0.6) is 0 Å². The van der Waals surface area contributed by atoms with Crippen molar-refractivity contribution in [3.05, 3.63) is 86.4 Å². The molecule has 0 fully saturated rings. The van der Waals surface area contributed by atoms with Crippen LogP contribution in [0.2, 0.25) is 10.0 Å². The van der Waals surface area contributed by atoms with E-state index in [-0.39, 0.29) is 18.7 Å². The smallest absolute Gasteiger partial charge is 0.376 e. The van der Waals surface area contributed by atoms with Gasteiger partial charge in [-0.2, -0.15) is 0 Å². The van der Waals surface area contributed by atoms with E-state index in [0.717, 1.165) is 3.57 Å². The van der Waals surface area contributed by atoms with Crippen LogP contribution in [-0.2, 0) is 34.8 Å². The van der Waals surface area contributed by atoms with Gasteiger partial charge in [0, 0.05) is 12.4 Å². The molecule has 0 atom stereocenters. The zero-order chi connectivity index (χ0) is 34.5. The molecule has 248 valence electrons. The Hall–Kier alpha value is -4.39. The van der Waals surface area contributed by atoms with Crippen LogP contribution in [0, 0.1) is 3.57 Å². The summed E-state index contributed by atoms with van der Waals surface area (Å²) in [6, 6.07) is 15.8. The van der Waals surface area contributed by atoms with Crippen molar-refractivity contribution in [2.75, 3.05) is 18.6 Å². The standard InChI is InChI=1S/C10H11IO4.C9H8ClN3O2.C5H6ClN3.C4H6O3/c1-8(12)14-11(15-9(2)13)10-6-4-3-5-7-10;1-2-15-9(14)8-12-11-7-4-3-6(10)5-13(7)8;6-4-1-2-5(9-7)8-3-4;1-2-7-4(6)3-5/h3-7H,1-2H3;3-5H,2H2,1H3;1-3H,7H2,(H,8,9);3H,2H2,1H3. The molecule has 3 aromatic heterocycles. The van der Waals surface area contributed by atoms with E-state index >= 15 is 0 Å². The number of hydrogen-bond acceptors (Lipinski definition) is 14. The number of carbonyl (C=O) groups excluding carboxylic acids is 5. The molecule has 0 spiro atoms. The molecule has 0 aliphatic carbocycles. The largest absolute Gasteiger partial charge is 0.460 e. The maximum Gasteiger partial charge on any atom is 0.376 e. The zero-order valence-corrected chi connectivity index (χ0v) is 28.7. The molecule has 3 heterocycles. The molecule has 0 saturated heterocycles. The van der Waals surface area contributed by atoms with E-state index in [1.807, 2.05) is 18.2 Å². The summed E-state index contributed by atoms with van der Waals surface area (Å²) in [5.41, 5.74) is 2.94. The first-order valence-electron chi connectivity index (χ1n) is 13.0. The molecule has 0 radical (unpaired) electrons. The number of aromatic nitrogens is 4. The summed E-state index contributed by atoms with van der Waals surface area (Å²) < 4.78 is 21.3. The second kappa shape index (κ2) is 22.2. The third kappa shape index (κ3) is 15.6. The number of fused-ring (bicyclic) bond motifs is 1. The van der Waals surface area contributed by atoms with E-state index in [2.05, 4.69) is 25.3 Å². The van der Waals surface area contributed by atoms with E-state index in [4.69, 9.17) is 39.9 Å². The fourth-order valence-corrected chi connectivity index (χ4v) is 5.66. The van der Waals surface area contributed by atoms with Gasteiger partial charge >= 0.3 is 108 Å². The maximum absolute atomic E-state index is 11.4. The number of hydrogen-bond donors (Lipinski definition) is 2. The maximum atomic E-state index is 11.4. The SMILES string of the molecule is CC(=O)OI(OC(C)=O)c1ccccc1.CCOC(=O)C=O.CCOC(=O)c1nnc2ccc(Cl)cn12.NNc1ccc(Cl)cn1. The number of aldehydes is 1. The third-order valence-corrected chi connectivity index (χ3v) is 8.57. The number of nitrogens with two attached hydrogens (primary N) is 1. The molecular formula is C28H31Cl2IN6O9. The number of esters is 2. The Bertz CT molecular complexity index is 1540. The van der Waals surface area contributed by atoms with E-state index in [1.165, 1.54) is 24.4 Å². The Balaban J connectivity index is 0.000000321. The van der Waals surface area contributed by atoms with Crippen LogP contribution in [0.1, 0.15) is 38.3 Å². The van der Waals surface area contributed by atoms with Gasteiger partial charge in [-0.15, -0.1) is 10.2 Å². The van der Waals surface area contributed by atoms with Crippen molar-refractivity contribution in [2.45, 2.75) is 27.7 Å². The molecular weight excluding hydrogens is 762 g/mol. The molecule has 4 rings (SSSR count). The van der Waals surface area contributed by atoms with Crippen LogP contribution < -0.4 is 11.3 Å². The topological polar surface area (TPSA) is 203 Å². The van der Waals surface area contributed by atoms with E-state index in [1.54, 1.807) is 56.4 Å². The molecule has 0 unspecified atom stereocenters. The number of anilines is 1. The fourth-order valence-electron chi connectivity index (χ4n) is 2.66. The Morgan fingerprint density at radius 3 is 1.98 bits per heavy atom. The first-order valence-corrected chi connectivity index (χ1v) is 16.6. The van der Waals surface area contributed by atoms with Gasteiger partial charge in [0.05, 0.1) is 23.3 Å². The molecule has 1 aromatic carbocycles. The van der Waals surface area contributed by atoms with Gasteiger partial charge < -0.3 is 14.9 Å². The van der Waals surface area contributed by atoms with Crippen molar-refractivity contribution >= 4 is 85.5 Å². The second-order valence-corrected chi connectivity index (χ2v) is 12.1. The molecule has 4 aromatic rings. The van der Waals surface area contributed by atoms with Crippen LogP contribution in [0.4, 0.5) is 5.82 Å². The van der Waals surface area contributed by atoms with Crippen molar-refractivity contribution in [3.8, 4) is 0 Å². The molecule has 0 amide bonds. The first-order chi connectivity index (χ1) is 21.9. The normalized spacial score (nSPS) is 9.76. The van der Waals surface area contributed by atoms with Gasteiger partial charge in [-0.1, -0.05) is 23.2 Å². The second-order valence-electron chi connectivity index (χ2n) is 7.85. The van der Waals surface area contributed by atoms with Gasteiger partial charge in [0.15, 0.2) is 5.65 Å². The molecule has 15 nitrogen and oxygen atoms in total. The van der Waals surface area contributed by atoms with E-state index in [0.29, 0.717) is 28.1 Å². The minimum Gasteiger partial charge on any atom is -0.460 e. The van der Waals surface area contributed by atoms with Gasteiger partial charge in [-0.3, -0.25) is 9.20 Å². The Morgan fingerprint density at radius 2 is 1.50 bits per heavy atom. The number of nitrogens with one attached hydrogen (secondary N) is 1. The number of carbonyl (C=O) groups is 5. The summed E-state index contributed by atoms with van der Waals surface area (Å²) in [5, 5.41) is 8.66. The summed E-state index contributed by atoms with van der Waals surface area (Å²) in [6.07, 6.45) is 3.24. The van der Waals surface area contributed by atoms with Crippen molar-refractivity contribution in [2.24, 2.45) is 5.84 Å². The molecule has 0 bridgehead atoms. The number of rotatable bonds is 8. The number of nitrogens with zero attached hydrogens (tertiary/aromatic N) is 4. The summed E-state index contributed by atoms with van der Waals surface area (Å²) in [7, 11) is 0. The van der Waals surface area contributed by atoms with E-state index < -0.39 is 44.5 Å². The minimum absolute atomic E-state index is 0.134. The van der Waals surface area contributed by atoms with Gasteiger partial charge in [0.2, 0.25) is 12.1 Å². The predicted molar refractivity (Wildman–Crippen MR) is 176 cm³/mol. The first kappa shape index (κ1) is 39.6. The summed E-state index contributed by atoms with van der Waals surface area (Å²) >= 11 is 8.75. The average molecular weight is 793 g/mol. The van der Waals surface area contributed by atoms with Crippen LogP contribution in [0.3, 0.4) is 0 Å². The van der Waals surface area contributed by atoms with Crippen LogP contribution in [0.15, 0.2) is 67.0 Å². The third-order valence-electron chi connectivity index (χ3n) is 4.35. The van der Waals surface area contributed by atoms with Crippen LogP contribution in [0.25, 0.3) is 5.65 Å². The fraction of sp³-hybridized carbons (Fsp3) is 0.214. The van der Waals surface area contributed by atoms with Gasteiger partial charge in [0.1, 0.15) is 5.82 Å². The molecule has 46 heavy (non-hydrogen) atoms. The van der Waals surface area contributed by atoms with Gasteiger partial charge in [-0.25, -0.2) is 20.4 Å². The number of hydrazine groups is 1. The van der Waals surface area contributed by atoms with Crippen LogP contribution >= 0.6 is 43.9 Å².